The molecule has 0 spiro atoms. The molecule has 1 nitrogen and oxygen atoms in total. The molecule has 1 heterocycles. The molecule has 1 aromatic heterocycles. The Hall–Kier alpha value is 0.240. The van der Waals surface area contributed by atoms with Crippen LogP contribution < -0.4 is 5.32 Å². The molecule has 0 aliphatic carbocycles. The highest BCUT2D eigenvalue weighted by molar-refractivity contribution is 7.16. The first-order chi connectivity index (χ1) is 6.72. The highest BCUT2D eigenvalue weighted by Gasteiger charge is 2.02. The van der Waals surface area contributed by atoms with E-state index in [1.54, 1.807) is 11.3 Å². The summed E-state index contributed by atoms with van der Waals surface area (Å²) in [6.45, 7) is 3.88. The van der Waals surface area contributed by atoms with E-state index in [0.29, 0.717) is 0 Å². The van der Waals surface area contributed by atoms with Gasteiger partial charge in [-0.2, -0.15) is 0 Å². The summed E-state index contributed by atoms with van der Waals surface area (Å²) in [6, 6.07) is 3.97. The first kappa shape index (κ1) is 12.3. The number of thiophene rings is 1. The fourth-order valence-electron chi connectivity index (χ4n) is 1.21. The Morgan fingerprint density at radius 2 is 2.29 bits per heavy atom. The van der Waals surface area contributed by atoms with Crippen molar-refractivity contribution in [1.29, 1.82) is 0 Å². The van der Waals surface area contributed by atoms with Crippen LogP contribution in [0.25, 0.3) is 0 Å². The minimum atomic E-state index is 0.246. The fourth-order valence-corrected chi connectivity index (χ4v) is 2.60. The summed E-state index contributed by atoms with van der Waals surface area (Å²) in [5.41, 5.74) is 0. The lowest BCUT2D eigenvalue weighted by atomic mass is 10.2. The van der Waals surface area contributed by atoms with Gasteiger partial charge in [0.15, 0.2) is 0 Å². The second-order valence-electron chi connectivity index (χ2n) is 3.22. The van der Waals surface area contributed by atoms with Crippen molar-refractivity contribution in [1.82, 2.24) is 5.32 Å². The zero-order valence-corrected chi connectivity index (χ0v) is 10.6. The van der Waals surface area contributed by atoms with E-state index in [4.69, 9.17) is 23.2 Å². The van der Waals surface area contributed by atoms with Crippen LogP contribution in [0.2, 0.25) is 4.34 Å². The molecule has 1 rings (SSSR count). The highest BCUT2D eigenvalue weighted by Crippen LogP contribution is 2.21. The van der Waals surface area contributed by atoms with Gasteiger partial charge in [-0.25, -0.2) is 0 Å². The maximum atomic E-state index is 6.07. The summed E-state index contributed by atoms with van der Waals surface area (Å²) in [4.78, 5) is 1.26. The molecule has 0 bridgehead atoms. The third kappa shape index (κ3) is 4.65. The van der Waals surface area contributed by atoms with Gasteiger partial charge < -0.3 is 5.32 Å². The normalized spacial score (nSPS) is 13.1. The number of nitrogens with one attached hydrogen (secondary N) is 1. The van der Waals surface area contributed by atoms with Crippen molar-refractivity contribution in [2.75, 3.05) is 6.54 Å². The summed E-state index contributed by atoms with van der Waals surface area (Å²) < 4.78 is 0.845. The van der Waals surface area contributed by atoms with Gasteiger partial charge >= 0.3 is 0 Å². The number of halogens is 2. The lowest BCUT2D eigenvalue weighted by Crippen LogP contribution is -2.22. The fraction of sp³-hybridized carbons (Fsp3) is 0.600. The third-order valence-electron chi connectivity index (χ3n) is 1.90. The molecule has 0 aromatic carbocycles. The van der Waals surface area contributed by atoms with E-state index >= 15 is 0 Å². The molecule has 0 aliphatic heterocycles. The van der Waals surface area contributed by atoms with Gasteiger partial charge in [0, 0.05) is 23.3 Å². The zero-order valence-electron chi connectivity index (χ0n) is 8.22. The quantitative estimate of drug-likeness (QED) is 0.757. The van der Waals surface area contributed by atoms with E-state index in [-0.39, 0.29) is 5.38 Å². The summed E-state index contributed by atoms with van der Waals surface area (Å²) >= 11 is 13.5. The average Bonchev–Trinajstić information content (AvgIpc) is 2.52. The second-order valence-corrected chi connectivity index (χ2v) is 5.64. The van der Waals surface area contributed by atoms with Gasteiger partial charge in [0.2, 0.25) is 0 Å². The van der Waals surface area contributed by atoms with Gasteiger partial charge in [-0.3, -0.25) is 0 Å². The van der Waals surface area contributed by atoms with Crippen LogP contribution in [-0.4, -0.2) is 11.9 Å². The second kappa shape index (κ2) is 6.67. The largest absolute Gasteiger partial charge is 0.310 e. The average molecular weight is 252 g/mol. The summed E-state index contributed by atoms with van der Waals surface area (Å²) in [5.74, 6) is 0. The molecule has 0 aliphatic rings. The molecule has 1 atom stereocenters. The minimum Gasteiger partial charge on any atom is -0.310 e. The van der Waals surface area contributed by atoms with E-state index in [9.17, 15) is 0 Å². The highest BCUT2D eigenvalue weighted by atomic mass is 35.5. The van der Waals surface area contributed by atoms with E-state index < -0.39 is 0 Å². The molecule has 0 saturated carbocycles. The maximum Gasteiger partial charge on any atom is 0.0931 e. The van der Waals surface area contributed by atoms with Gasteiger partial charge in [-0.15, -0.1) is 22.9 Å². The lowest BCUT2D eigenvalue weighted by molar-refractivity contribution is 0.627. The van der Waals surface area contributed by atoms with Gasteiger partial charge in [-0.05, 0) is 18.6 Å². The van der Waals surface area contributed by atoms with Crippen LogP contribution in [0.4, 0.5) is 0 Å². The molecule has 1 aromatic rings. The smallest absolute Gasteiger partial charge is 0.0931 e. The molecule has 0 fully saturated rings. The molecule has 0 amide bonds. The number of hydrogen-bond donors (Lipinski definition) is 1. The third-order valence-corrected chi connectivity index (χ3v) is 3.50. The van der Waals surface area contributed by atoms with Crippen LogP contribution in [0.5, 0.6) is 0 Å². The SMILES string of the molecule is CCCC(Cl)CNCc1ccc(Cl)s1. The van der Waals surface area contributed by atoms with E-state index in [1.165, 1.54) is 4.88 Å². The molecule has 4 heteroatoms. The van der Waals surface area contributed by atoms with Crippen molar-refractivity contribution in [2.45, 2.75) is 31.7 Å². The van der Waals surface area contributed by atoms with Crippen LogP contribution in [0.1, 0.15) is 24.6 Å². The lowest BCUT2D eigenvalue weighted by Gasteiger charge is -2.08. The Balaban J connectivity index is 2.15. The Kier molecular flexibility index (Phi) is 5.87. The Morgan fingerprint density at radius 3 is 2.86 bits per heavy atom. The molecular weight excluding hydrogens is 237 g/mol. The standard InChI is InChI=1S/C10H15Cl2NS/c1-2-3-8(11)6-13-7-9-4-5-10(12)14-9/h4-5,8,13H,2-3,6-7H2,1H3. The van der Waals surface area contributed by atoms with Crippen LogP contribution in [0, 0.1) is 0 Å². The van der Waals surface area contributed by atoms with E-state index in [2.05, 4.69) is 12.2 Å². The number of alkyl halides is 1. The maximum absolute atomic E-state index is 6.07. The molecule has 0 saturated heterocycles. The summed E-state index contributed by atoms with van der Waals surface area (Å²) in [6.07, 6.45) is 2.21. The van der Waals surface area contributed by atoms with E-state index in [0.717, 1.165) is 30.3 Å². The van der Waals surface area contributed by atoms with Crippen molar-refractivity contribution in [3.63, 3.8) is 0 Å². The van der Waals surface area contributed by atoms with Crippen molar-refractivity contribution in [3.05, 3.63) is 21.3 Å². The molecule has 80 valence electrons. The molecule has 1 N–H and O–H groups in total. The first-order valence-electron chi connectivity index (χ1n) is 4.81. The van der Waals surface area contributed by atoms with Crippen molar-refractivity contribution < 1.29 is 0 Å². The number of rotatable bonds is 6. The van der Waals surface area contributed by atoms with Gasteiger partial charge in [-0.1, -0.05) is 24.9 Å². The number of hydrogen-bond acceptors (Lipinski definition) is 2. The van der Waals surface area contributed by atoms with Crippen molar-refractivity contribution in [3.8, 4) is 0 Å². The Labute approximate surface area is 99.4 Å². The Morgan fingerprint density at radius 1 is 1.50 bits per heavy atom. The predicted octanol–water partition coefficient (Wildman–Crippen LogP) is 3.90. The molecule has 14 heavy (non-hydrogen) atoms. The van der Waals surface area contributed by atoms with Crippen molar-refractivity contribution >= 4 is 34.5 Å². The van der Waals surface area contributed by atoms with Gasteiger partial charge in [0.1, 0.15) is 0 Å². The van der Waals surface area contributed by atoms with Crippen LogP contribution in [0.3, 0.4) is 0 Å². The van der Waals surface area contributed by atoms with Gasteiger partial charge in [0.25, 0.3) is 0 Å². The van der Waals surface area contributed by atoms with E-state index in [1.807, 2.05) is 12.1 Å². The molecular formula is C10H15Cl2NS. The molecule has 0 radical (unpaired) electrons. The predicted molar refractivity (Wildman–Crippen MR) is 65.6 cm³/mol. The van der Waals surface area contributed by atoms with Crippen LogP contribution in [-0.2, 0) is 6.54 Å². The summed E-state index contributed by atoms with van der Waals surface area (Å²) in [5, 5.41) is 3.57. The van der Waals surface area contributed by atoms with Crippen molar-refractivity contribution in [2.24, 2.45) is 0 Å². The first-order valence-corrected chi connectivity index (χ1v) is 6.44. The van der Waals surface area contributed by atoms with Crippen LogP contribution in [0.15, 0.2) is 12.1 Å². The molecule has 1 unspecified atom stereocenters. The summed E-state index contributed by atoms with van der Waals surface area (Å²) in [7, 11) is 0. The Bertz CT molecular complexity index is 262. The zero-order chi connectivity index (χ0) is 10.4. The monoisotopic (exact) mass is 251 g/mol. The van der Waals surface area contributed by atoms with Gasteiger partial charge in [0.05, 0.1) is 4.34 Å². The minimum absolute atomic E-state index is 0.246. The van der Waals surface area contributed by atoms with Crippen LogP contribution >= 0.6 is 34.5 Å². The topological polar surface area (TPSA) is 12.0 Å².